The number of nitrogens with zero attached hydrogens (tertiary/aromatic N) is 2. The van der Waals surface area contributed by atoms with Gasteiger partial charge in [0.15, 0.2) is 0 Å². The largest absolute Gasteiger partial charge is 0.335 e. The highest BCUT2D eigenvalue weighted by atomic mass is 32.1. The number of carbonyl (C=O) groups is 2. The quantitative estimate of drug-likeness (QED) is 0.737. The van der Waals surface area contributed by atoms with Crippen LogP contribution in [0.2, 0.25) is 0 Å². The Morgan fingerprint density at radius 2 is 1.71 bits per heavy atom. The Morgan fingerprint density at radius 3 is 2.43 bits per heavy atom. The maximum Gasteiger partial charge on any atom is 0.264 e. The van der Waals surface area contributed by atoms with Crippen LogP contribution in [-0.4, -0.2) is 54.3 Å². The maximum atomic E-state index is 12.8. The lowest BCUT2D eigenvalue weighted by Gasteiger charge is -2.34. The molecule has 0 saturated carbocycles. The zero-order valence-electron chi connectivity index (χ0n) is 15.9. The van der Waals surface area contributed by atoms with Gasteiger partial charge in [0, 0.05) is 36.6 Å². The van der Waals surface area contributed by atoms with Crippen LogP contribution in [0.1, 0.15) is 15.2 Å². The molecule has 3 aromatic rings. The summed E-state index contributed by atoms with van der Waals surface area (Å²) in [4.78, 5) is 29.8. The minimum atomic E-state index is -0.0202. The minimum Gasteiger partial charge on any atom is -0.335 e. The van der Waals surface area contributed by atoms with Crippen LogP contribution < -0.4 is 5.32 Å². The first-order chi connectivity index (χ1) is 13.6. The van der Waals surface area contributed by atoms with E-state index in [-0.39, 0.29) is 11.8 Å². The van der Waals surface area contributed by atoms with Gasteiger partial charge in [-0.15, -0.1) is 11.3 Å². The molecule has 1 fully saturated rings. The van der Waals surface area contributed by atoms with Crippen molar-refractivity contribution in [1.29, 1.82) is 0 Å². The van der Waals surface area contributed by atoms with Gasteiger partial charge >= 0.3 is 0 Å². The number of aryl methyl sites for hydroxylation is 1. The first-order valence-corrected chi connectivity index (χ1v) is 10.3. The predicted molar refractivity (Wildman–Crippen MR) is 114 cm³/mol. The number of piperazine rings is 1. The highest BCUT2D eigenvalue weighted by Gasteiger charge is 2.24. The summed E-state index contributed by atoms with van der Waals surface area (Å²) in [5.74, 6) is 0.0677. The second kappa shape index (κ2) is 8.12. The van der Waals surface area contributed by atoms with Gasteiger partial charge < -0.3 is 10.2 Å². The molecule has 1 aromatic heterocycles. The maximum absolute atomic E-state index is 12.8. The van der Waals surface area contributed by atoms with Crippen molar-refractivity contribution in [1.82, 2.24) is 9.80 Å². The van der Waals surface area contributed by atoms with Gasteiger partial charge in [-0.3, -0.25) is 14.5 Å². The fourth-order valence-corrected chi connectivity index (χ4v) is 4.42. The van der Waals surface area contributed by atoms with Crippen LogP contribution in [0.3, 0.4) is 0 Å². The van der Waals surface area contributed by atoms with Crippen LogP contribution in [0.5, 0.6) is 0 Å². The third kappa shape index (κ3) is 4.24. The molecule has 2 amide bonds. The summed E-state index contributed by atoms with van der Waals surface area (Å²) in [7, 11) is 0. The Labute approximate surface area is 168 Å². The fourth-order valence-electron chi connectivity index (χ4n) is 3.39. The van der Waals surface area contributed by atoms with Crippen LogP contribution in [0.15, 0.2) is 54.6 Å². The lowest BCUT2D eigenvalue weighted by atomic mass is 10.2. The molecule has 0 aliphatic carbocycles. The second-order valence-electron chi connectivity index (χ2n) is 7.13. The molecule has 0 spiro atoms. The van der Waals surface area contributed by atoms with Gasteiger partial charge in [0.25, 0.3) is 5.91 Å². The summed E-state index contributed by atoms with van der Waals surface area (Å²) in [5, 5.41) is 4.04. The van der Waals surface area contributed by atoms with E-state index in [4.69, 9.17) is 0 Å². The molecule has 0 atom stereocenters. The molecule has 5 nitrogen and oxygen atoms in total. The normalized spacial score (nSPS) is 15.0. The average Bonchev–Trinajstić information content (AvgIpc) is 3.14. The first kappa shape index (κ1) is 18.7. The second-order valence-corrected chi connectivity index (χ2v) is 8.21. The van der Waals surface area contributed by atoms with Crippen molar-refractivity contribution in [3.63, 3.8) is 0 Å². The molecular formula is C22H23N3O2S. The Hall–Kier alpha value is -2.70. The third-order valence-corrected chi connectivity index (χ3v) is 6.10. The van der Waals surface area contributed by atoms with Gasteiger partial charge in [-0.25, -0.2) is 0 Å². The number of anilines is 1. The van der Waals surface area contributed by atoms with Crippen LogP contribution in [0, 0.1) is 6.92 Å². The molecule has 1 aliphatic rings. The minimum absolute atomic E-state index is 0.0202. The third-order valence-electron chi connectivity index (χ3n) is 5.00. The van der Waals surface area contributed by atoms with Crippen LogP contribution in [-0.2, 0) is 4.79 Å². The van der Waals surface area contributed by atoms with E-state index < -0.39 is 0 Å². The van der Waals surface area contributed by atoms with Gasteiger partial charge in [0.2, 0.25) is 5.91 Å². The van der Waals surface area contributed by atoms with Gasteiger partial charge in [-0.1, -0.05) is 35.9 Å². The Bertz CT molecular complexity index is 955. The van der Waals surface area contributed by atoms with Crippen LogP contribution in [0.4, 0.5) is 5.69 Å². The van der Waals surface area contributed by atoms with Gasteiger partial charge in [0.05, 0.1) is 11.4 Å². The lowest BCUT2D eigenvalue weighted by molar-refractivity contribution is -0.117. The molecule has 28 heavy (non-hydrogen) atoms. The van der Waals surface area contributed by atoms with Crippen molar-refractivity contribution in [2.75, 3.05) is 38.0 Å². The van der Waals surface area contributed by atoms with Gasteiger partial charge in [-0.05, 0) is 36.6 Å². The van der Waals surface area contributed by atoms with E-state index in [1.54, 1.807) is 11.3 Å². The number of hydrogen-bond donors (Lipinski definition) is 1. The number of rotatable bonds is 4. The first-order valence-electron chi connectivity index (χ1n) is 9.45. The standard InChI is InChI=1S/C22H23N3O2S/c1-16-6-8-18(9-7-16)23-21(26)15-24-10-12-25(13-11-24)22(27)20-14-17-4-2-3-5-19(17)28-20/h2-9,14H,10-13,15H2,1H3,(H,23,26). The van der Waals surface area contributed by atoms with E-state index in [1.807, 2.05) is 66.4 Å². The van der Waals surface area contributed by atoms with E-state index in [2.05, 4.69) is 10.2 Å². The van der Waals surface area contributed by atoms with E-state index in [0.717, 1.165) is 26.2 Å². The summed E-state index contributed by atoms with van der Waals surface area (Å²) in [6.45, 7) is 5.07. The molecule has 4 rings (SSSR count). The molecule has 1 saturated heterocycles. The van der Waals surface area contributed by atoms with E-state index >= 15 is 0 Å². The Kier molecular flexibility index (Phi) is 5.41. The van der Waals surface area contributed by atoms with Gasteiger partial charge in [-0.2, -0.15) is 0 Å². The number of carbonyl (C=O) groups excluding carboxylic acids is 2. The van der Waals surface area contributed by atoms with Gasteiger partial charge in [0.1, 0.15) is 0 Å². The smallest absolute Gasteiger partial charge is 0.264 e. The SMILES string of the molecule is Cc1ccc(NC(=O)CN2CCN(C(=O)c3cc4ccccc4s3)CC2)cc1. The fraction of sp³-hybridized carbons (Fsp3) is 0.273. The molecule has 0 radical (unpaired) electrons. The molecule has 6 heteroatoms. The number of nitrogens with one attached hydrogen (secondary N) is 1. The summed E-state index contributed by atoms with van der Waals surface area (Å²) < 4.78 is 1.14. The van der Waals surface area contributed by atoms with Crippen molar-refractivity contribution in [3.8, 4) is 0 Å². The van der Waals surface area contributed by atoms with Crippen molar-refractivity contribution in [2.45, 2.75) is 6.92 Å². The average molecular weight is 394 g/mol. The number of benzene rings is 2. The molecule has 0 bridgehead atoms. The topological polar surface area (TPSA) is 52.7 Å². The number of hydrogen-bond acceptors (Lipinski definition) is 4. The zero-order valence-corrected chi connectivity index (χ0v) is 16.7. The summed E-state index contributed by atoms with van der Waals surface area (Å²) in [6, 6.07) is 17.8. The highest BCUT2D eigenvalue weighted by molar-refractivity contribution is 7.20. The molecule has 0 unspecified atom stereocenters. The van der Waals surface area contributed by atoms with Crippen molar-refractivity contribution in [3.05, 3.63) is 65.0 Å². The highest BCUT2D eigenvalue weighted by Crippen LogP contribution is 2.26. The van der Waals surface area contributed by atoms with E-state index in [9.17, 15) is 9.59 Å². The molecule has 144 valence electrons. The molecule has 2 heterocycles. The number of fused-ring (bicyclic) bond motifs is 1. The summed E-state index contributed by atoms with van der Waals surface area (Å²) in [5.41, 5.74) is 1.98. The molecule has 1 aliphatic heterocycles. The lowest BCUT2D eigenvalue weighted by Crippen LogP contribution is -2.50. The van der Waals surface area contributed by atoms with Crippen LogP contribution >= 0.6 is 11.3 Å². The molecule has 2 aromatic carbocycles. The summed E-state index contributed by atoms with van der Waals surface area (Å²) >= 11 is 1.54. The van der Waals surface area contributed by atoms with Crippen LogP contribution in [0.25, 0.3) is 10.1 Å². The molecule has 1 N–H and O–H groups in total. The monoisotopic (exact) mass is 393 g/mol. The molecular weight excluding hydrogens is 370 g/mol. The van der Waals surface area contributed by atoms with Crippen molar-refractivity contribution in [2.24, 2.45) is 0 Å². The Morgan fingerprint density at radius 1 is 1.00 bits per heavy atom. The van der Waals surface area contributed by atoms with Crippen molar-refractivity contribution < 1.29 is 9.59 Å². The van der Waals surface area contributed by atoms with E-state index in [0.29, 0.717) is 32.7 Å². The van der Waals surface area contributed by atoms with E-state index in [1.165, 1.54) is 0 Å². The number of amides is 2. The number of thiophene rings is 1. The summed E-state index contributed by atoms with van der Waals surface area (Å²) in [6.07, 6.45) is 0. The van der Waals surface area contributed by atoms with Crippen molar-refractivity contribution >= 4 is 38.9 Å². The zero-order chi connectivity index (χ0) is 19.5. The Balaban J connectivity index is 1.29. The predicted octanol–water partition coefficient (Wildman–Crippen LogP) is 3.61.